The molecule has 34 heavy (non-hydrogen) atoms. The van der Waals surface area contributed by atoms with Gasteiger partial charge in [0.05, 0.1) is 22.1 Å². The first-order chi connectivity index (χ1) is 16.3. The molecule has 2 N–H and O–H groups in total. The van der Waals surface area contributed by atoms with Gasteiger partial charge in [-0.1, -0.05) is 48.0 Å². The molecule has 0 bridgehead atoms. The van der Waals surface area contributed by atoms with Crippen LogP contribution in [0.2, 0.25) is 5.02 Å². The topological polar surface area (TPSA) is 103 Å². The first kappa shape index (κ1) is 22.1. The van der Waals surface area contributed by atoms with Gasteiger partial charge >= 0.3 is 0 Å². The number of hydrogen-bond donors (Lipinski definition) is 1. The molecule has 5 rings (SSSR count). The highest BCUT2D eigenvalue weighted by molar-refractivity contribution is 7.92. The van der Waals surface area contributed by atoms with E-state index in [1.165, 1.54) is 4.68 Å². The van der Waals surface area contributed by atoms with Crippen molar-refractivity contribution in [3.63, 3.8) is 0 Å². The van der Waals surface area contributed by atoms with Crippen molar-refractivity contribution >= 4 is 55.7 Å². The summed E-state index contributed by atoms with van der Waals surface area (Å²) in [6, 6.07) is 19.6. The number of aryl methyl sites for hydroxylation is 2. The van der Waals surface area contributed by atoms with E-state index >= 15 is 0 Å². The highest BCUT2D eigenvalue weighted by Crippen LogP contribution is 2.36. The van der Waals surface area contributed by atoms with Crippen LogP contribution in [0.4, 0.5) is 5.82 Å². The summed E-state index contributed by atoms with van der Waals surface area (Å²) in [6.07, 6.45) is 1.57. The molecular weight excluding hydrogens is 470 g/mol. The van der Waals surface area contributed by atoms with Gasteiger partial charge in [0.2, 0.25) is 9.84 Å². The number of benzene rings is 3. The summed E-state index contributed by atoms with van der Waals surface area (Å²) >= 11 is 5.97. The molecule has 9 heteroatoms. The molecule has 0 fully saturated rings. The van der Waals surface area contributed by atoms with Gasteiger partial charge in [-0.25, -0.2) is 18.4 Å². The van der Waals surface area contributed by atoms with Gasteiger partial charge in [-0.3, -0.25) is 0 Å². The summed E-state index contributed by atoms with van der Waals surface area (Å²) in [7, 11) is -4.03. The minimum atomic E-state index is -4.03. The average Bonchev–Trinajstić information content (AvgIpc) is 3.09. The maximum atomic E-state index is 13.9. The molecule has 0 amide bonds. The summed E-state index contributed by atoms with van der Waals surface area (Å²) in [5, 5.41) is 5.06. The van der Waals surface area contributed by atoms with Crippen molar-refractivity contribution in [2.75, 3.05) is 5.73 Å². The van der Waals surface area contributed by atoms with Crippen molar-refractivity contribution < 1.29 is 8.42 Å². The third kappa shape index (κ3) is 3.70. The Balaban J connectivity index is 1.81. The van der Waals surface area contributed by atoms with Crippen LogP contribution >= 0.6 is 11.6 Å². The molecule has 0 saturated carbocycles. The fourth-order valence-corrected chi connectivity index (χ4v) is 5.72. The number of rotatable bonds is 4. The van der Waals surface area contributed by atoms with Gasteiger partial charge in [-0.05, 0) is 60.9 Å². The fraction of sp³-hybridized carbons (Fsp3) is 0.0800. The Morgan fingerprint density at radius 1 is 0.971 bits per heavy atom. The van der Waals surface area contributed by atoms with E-state index in [0.29, 0.717) is 21.6 Å². The van der Waals surface area contributed by atoms with Crippen LogP contribution in [-0.2, 0) is 9.84 Å². The molecule has 2 heterocycles. The normalized spacial score (nSPS) is 12.2. The number of hydrogen-bond acceptors (Lipinski definition) is 6. The van der Waals surface area contributed by atoms with Crippen molar-refractivity contribution in [2.45, 2.75) is 23.6 Å². The molecule has 0 aliphatic heterocycles. The van der Waals surface area contributed by atoms with E-state index in [4.69, 9.17) is 17.3 Å². The van der Waals surface area contributed by atoms with Crippen LogP contribution in [0.1, 0.15) is 16.7 Å². The van der Waals surface area contributed by atoms with Crippen LogP contribution in [0, 0.1) is 13.8 Å². The van der Waals surface area contributed by atoms with Crippen molar-refractivity contribution in [3.8, 4) is 0 Å². The Morgan fingerprint density at radius 3 is 2.35 bits per heavy atom. The second-order valence-electron chi connectivity index (χ2n) is 7.98. The van der Waals surface area contributed by atoms with Gasteiger partial charge in [0.15, 0.2) is 5.65 Å². The van der Waals surface area contributed by atoms with Crippen LogP contribution in [0.3, 0.4) is 0 Å². The minimum absolute atomic E-state index is 0.0589. The lowest BCUT2D eigenvalue weighted by molar-refractivity contribution is 0.596. The number of anilines is 1. The zero-order valence-corrected chi connectivity index (χ0v) is 20.0. The van der Waals surface area contributed by atoms with Crippen molar-refractivity contribution in [3.05, 3.63) is 88.4 Å². The van der Waals surface area contributed by atoms with Crippen molar-refractivity contribution in [2.24, 2.45) is 5.10 Å². The lowest BCUT2D eigenvalue weighted by Crippen LogP contribution is -2.08. The first-order valence-electron chi connectivity index (χ1n) is 10.4. The maximum absolute atomic E-state index is 13.9. The maximum Gasteiger partial charge on any atom is 0.212 e. The molecular formula is C25H20ClN5O2S. The highest BCUT2D eigenvalue weighted by Gasteiger charge is 2.31. The van der Waals surface area contributed by atoms with Crippen molar-refractivity contribution in [1.29, 1.82) is 0 Å². The standard InChI is InChI=1S/C25H20ClN5O2S/c1-15-7-8-16(2)21(13-15)34(32,33)23-22-25(30-20-6-4-3-5-19(20)29-22)31(24(23)27)28-14-17-9-11-18(26)12-10-17/h3-14H,27H2,1-2H3/b28-14+. The summed E-state index contributed by atoms with van der Waals surface area (Å²) in [5.74, 6) is -0.0589. The van der Waals surface area contributed by atoms with Crippen LogP contribution in [0.15, 0.2) is 81.6 Å². The Labute approximate surface area is 201 Å². The largest absolute Gasteiger partial charge is 0.382 e. The average molecular weight is 490 g/mol. The van der Waals surface area contributed by atoms with Gasteiger partial charge < -0.3 is 5.73 Å². The second-order valence-corrected chi connectivity index (χ2v) is 10.3. The summed E-state index contributed by atoms with van der Waals surface area (Å²) < 4.78 is 29.1. The fourth-order valence-electron chi connectivity index (χ4n) is 3.78. The molecule has 0 aliphatic carbocycles. The predicted octanol–water partition coefficient (Wildman–Crippen LogP) is 5.15. The monoisotopic (exact) mass is 489 g/mol. The molecule has 7 nitrogen and oxygen atoms in total. The number of halogens is 1. The van der Waals surface area contributed by atoms with Crippen LogP contribution in [-0.4, -0.2) is 29.3 Å². The molecule has 2 aromatic heterocycles. The number of nitrogen functional groups attached to an aromatic ring is 1. The van der Waals surface area contributed by atoms with E-state index in [2.05, 4.69) is 15.1 Å². The molecule has 0 atom stereocenters. The van der Waals surface area contributed by atoms with Crippen LogP contribution in [0.25, 0.3) is 22.2 Å². The van der Waals surface area contributed by atoms with Gasteiger partial charge in [0.1, 0.15) is 16.2 Å². The van der Waals surface area contributed by atoms with Gasteiger partial charge in [0.25, 0.3) is 0 Å². The number of sulfone groups is 1. The van der Waals surface area contributed by atoms with E-state index in [-0.39, 0.29) is 26.8 Å². The Bertz CT molecular complexity index is 1710. The molecule has 0 spiro atoms. The lowest BCUT2D eigenvalue weighted by atomic mass is 10.2. The highest BCUT2D eigenvalue weighted by atomic mass is 35.5. The van der Waals surface area contributed by atoms with Crippen LogP contribution in [0.5, 0.6) is 0 Å². The third-order valence-electron chi connectivity index (χ3n) is 5.52. The summed E-state index contributed by atoms with van der Waals surface area (Å²) in [4.78, 5) is 9.36. The number of nitrogens with zero attached hydrogens (tertiary/aromatic N) is 4. The van der Waals surface area contributed by atoms with E-state index in [0.717, 1.165) is 11.1 Å². The molecule has 0 saturated heterocycles. The first-order valence-corrected chi connectivity index (χ1v) is 12.3. The SMILES string of the molecule is Cc1ccc(C)c(S(=O)(=O)c2c(N)n(/N=C/c3ccc(Cl)cc3)c3nc4ccccc4nc23)c1. The van der Waals surface area contributed by atoms with Gasteiger partial charge in [0, 0.05) is 5.02 Å². The summed E-state index contributed by atoms with van der Waals surface area (Å²) in [6.45, 7) is 3.59. The zero-order valence-electron chi connectivity index (χ0n) is 18.4. The van der Waals surface area contributed by atoms with Gasteiger partial charge in [-0.2, -0.15) is 9.78 Å². The van der Waals surface area contributed by atoms with E-state index in [1.54, 1.807) is 61.7 Å². The predicted molar refractivity (Wildman–Crippen MR) is 135 cm³/mol. The Morgan fingerprint density at radius 2 is 1.65 bits per heavy atom. The third-order valence-corrected chi connectivity index (χ3v) is 7.73. The Hall–Kier alpha value is -3.75. The van der Waals surface area contributed by atoms with E-state index in [9.17, 15) is 8.42 Å². The molecule has 0 radical (unpaired) electrons. The Kier molecular flexibility index (Phi) is 5.34. The molecule has 170 valence electrons. The molecule has 3 aromatic carbocycles. The number of fused-ring (bicyclic) bond motifs is 2. The van der Waals surface area contributed by atoms with Crippen LogP contribution < -0.4 is 5.73 Å². The molecule has 0 unspecified atom stereocenters. The number of nitrogens with two attached hydrogens (primary N) is 1. The smallest absolute Gasteiger partial charge is 0.212 e. The quantitative estimate of drug-likeness (QED) is 0.351. The minimum Gasteiger partial charge on any atom is -0.382 e. The second kappa shape index (κ2) is 8.23. The molecule has 0 aliphatic rings. The molecule has 5 aromatic rings. The summed E-state index contributed by atoms with van der Waals surface area (Å²) in [5.41, 5.74) is 10.2. The van der Waals surface area contributed by atoms with E-state index in [1.807, 2.05) is 25.1 Å². The van der Waals surface area contributed by atoms with E-state index < -0.39 is 9.84 Å². The number of aromatic nitrogens is 3. The zero-order chi connectivity index (χ0) is 24.0. The van der Waals surface area contributed by atoms with Gasteiger partial charge in [-0.15, -0.1) is 0 Å². The van der Waals surface area contributed by atoms with Crippen molar-refractivity contribution in [1.82, 2.24) is 14.6 Å². The number of para-hydroxylation sites is 2. The lowest BCUT2D eigenvalue weighted by Gasteiger charge is -2.09.